The van der Waals surface area contributed by atoms with Gasteiger partial charge in [-0.15, -0.1) is 0 Å². The summed E-state index contributed by atoms with van der Waals surface area (Å²) in [5.41, 5.74) is -4.99. The summed E-state index contributed by atoms with van der Waals surface area (Å²) in [4.78, 5) is 77.5. The molecule has 52 heavy (non-hydrogen) atoms. The number of rotatable bonds is 2. The van der Waals surface area contributed by atoms with E-state index in [1.165, 1.54) is 27.9 Å². The standard InChI is InChI=1S/C18H12N2O10.C10H9NO5.3C2H6/c1-6-13-9(4-11(22)14(6)23)18(27)30-20(16(13)25)28-12-5-7-8(3-10(12)21)17(26)29-19(2)15(7)24;1-4-7-5(3-6(12)8(4)13)9(14)11(2)16-10(7)15;3*1-2/h3-5,21-23H,1-2H3;3,12-13H,1-2H3;3*1-2H3. The van der Waals surface area contributed by atoms with E-state index in [9.17, 15) is 54.3 Å². The van der Waals surface area contributed by atoms with E-state index in [-0.39, 0.29) is 48.3 Å². The Labute approximate surface area is 292 Å². The van der Waals surface area contributed by atoms with Crippen molar-refractivity contribution in [2.75, 3.05) is 0 Å². The zero-order valence-electron chi connectivity index (χ0n) is 30.0. The van der Waals surface area contributed by atoms with Gasteiger partial charge in [0.25, 0.3) is 11.1 Å². The first-order valence-corrected chi connectivity index (χ1v) is 15.8. The van der Waals surface area contributed by atoms with Crippen LogP contribution in [0, 0.1) is 13.8 Å². The van der Waals surface area contributed by atoms with Gasteiger partial charge < -0.3 is 39.4 Å². The molecule has 6 rings (SSSR count). The van der Waals surface area contributed by atoms with Crippen LogP contribution >= 0.6 is 0 Å². The van der Waals surface area contributed by atoms with E-state index in [1.54, 1.807) is 0 Å². The van der Waals surface area contributed by atoms with Crippen molar-refractivity contribution in [3.8, 4) is 34.5 Å². The molecule has 0 saturated carbocycles. The van der Waals surface area contributed by atoms with Crippen LogP contribution in [0.1, 0.15) is 52.7 Å². The maximum absolute atomic E-state index is 12.7. The van der Waals surface area contributed by atoms with E-state index in [2.05, 4.69) is 9.05 Å². The number of aromatic hydroxyl groups is 5. The average Bonchev–Trinajstić information content (AvgIpc) is 3.13. The minimum atomic E-state index is -1.08. The van der Waals surface area contributed by atoms with Crippen molar-refractivity contribution in [3.05, 3.63) is 97.7 Å². The van der Waals surface area contributed by atoms with Crippen molar-refractivity contribution in [1.82, 2.24) is 14.4 Å². The number of nitrogens with zero attached hydrogens (tertiary/aromatic N) is 3. The van der Waals surface area contributed by atoms with Crippen molar-refractivity contribution in [3.63, 3.8) is 0 Å². The zero-order chi connectivity index (χ0) is 39.9. The van der Waals surface area contributed by atoms with E-state index in [1.807, 2.05) is 41.5 Å². The molecule has 3 aromatic carbocycles. The summed E-state index contributed by atoms with van der Waals surface area (Å²) in [6, 6.07) is 3.79. The van der Waals surface area contributed by atoms with E-state index < -0.39 is 68.1 Å². The molecule has 0 unspecified atom stereocenters. The summed E-state index contributed by atoms with van der Waals surface area (Å²) in [5, 5.41) is 47.5. The monoisotopic (exact) mass is 729 g/mol. The first-order chi connectivity index (χ1) is 24.5. The predicted molar refractivity (Wildman–Crippen MR) is 190 cm³/mol. The summed E-state index contributed by atoms with van der Waals surface area (Å²) in [7, 11) is 2.50. The molecule has 18 nitrogen and oxygen atoms in total. The van der Waals surface area contributed by atoms with Crippen LogP contribution < -0.4 is 38.4 Å². The lowest BCUT2D eigenvalue weighted by molar-refractivity contribution is 0.0114. The lowest BCUT2D eigenvalue weighted by Crippen LogP contribution is -2.29. The Morgan fingerprint density at radius 2 is 0.923 bits per heavy atom. The minimum absolute atomic E-state index is 0.0154. The number of fused-ring (bicyclic) bond motifs is 3. The fourth-order valence-electron chi connectivity index (χ4n) is 4.61. The first-order valence-electron chi connectivity index (χ1n) is 15.8. The Morgan fingerprint density at radius 3 is 1.46 bits per heavy atom. The number of phenols is 5. The van der Waals surface area contributed by atoms with Crippen LogP contribution in [-0.4, -0.2) is 39.9 Å². The molecule has 3 heterocycles. The molecule has 280 valence electrons. The molecule has 0 fully saturated rings. The average molecular weight is 730 g/mol. The highest BCUT2D eigenvalue weighted by molar-refractivity contribution is 5.88. The van der Waals surface area contributed by atoms with Gasteiger partial charge in [-0.1, -0.05) is 41.5 Å². The van der Waals surface area contributed by atoms with Gasteiger partial charge in [0.05, 0.1) is 32.3 Å². The molecule has 0 aliphatic rings. The van der Waals surface area contributed by atoms with E-state index >= 15 is 0 Å². The maximum Gasteiger partial charge on any atom is 0.368 e. The van der Waals surface area contributed by atoms with E-state index in [4.69, 9.17) is 9.36 Å². The maximum atomic E-state index is 12.7. The third-order valence-electron chi connectivity index (χ3n) is 6.99. The molecule has 6 aromatic rings. The predicted octanol–water partition coefficient (Wildman–Crippen LogP) is 3.32. The van der Waals surface area contributed by atoms with Gasteiger partial charge in [0.2, 0.25) is 5.75 Å². The molecule has 0 bridgehead atoms. The fourth-order valence-corrected chi connectivity index (χ4v) is 4.61. The third kappa shape index (κ3) is 7.54. The lowest BCUT2D eigenvalue weighted by atomic mass is 10.1. The zero-order valence-corrected chi connectivity index (χ0v) is 30.0. The number of hydrogen-bond acceptors (Lipinski definition) is 15. The number of aryl methyl sites for hydroxylation is 4. The lowest BCUT2D eigenvalue weighted by Gasteiger charge is -2.10. The van der Waals surface area contributed by atoms with Crippen LogP contribution in [0.5, 0.6) is 34.5 Å². The van der Waals surface area contributed by atoms with E-state index in [0.29, 0.717) is 4.74 Å². The second-order valence-corrected chi connectivity index (χ2v) is 9.84. The highest BCUT2D eigenvalue weighted by Gasteiger charge is 2.21. The van der Waals surface area contributed by atoms with Crippen molar-refractivity contribution in [2.24, 2.45) is 14.1 Å². The van der Waals surface area contributed by atoms with Crippen LogP contribution in [0.15, 0.2) is 66.6 Å². The molecule has 5 N–H and O–H groups in total. The Balaban J connectivity index is 0.000000359. The van der Waals surface area contributed by atoms with Crippen LogP contribution in [0.2, 0.25) is 0 Å². The molecule has 18 heteroatoms. The minimum Gasteiger partial charge on any atom is -0.504 e. The summed E-state index contributed by atoms with van der Waals surface area (Å²) < 4.78 is 15.6. The highest BCUT2D eigenvalue weighted by atomic mass is 16.8. The number of phenolic OH excluding ortho intramolecular Hbond substituents is 5. The third-order valence-corrected chi connectivity index (χ3v) is 6.99. The van der Waals surface area contributed by atoms with Gasteiger partial charge in [-0.3, -0.25) is 18.9 Å². The van der Waals surface area contributed by atoms with Gasteiger partial charge in [-0.2, -0.15) is 9.48 Å². The molecular formula is C34H39N3O15. The van der Waals surface area contributed by atoms with Gasteiger partial charge >= 0.3 is 22.4 Å². The quantitative estimate of drug-likeness (QED) is 0.160. The Bertz CT molecular complexity index is 2640. The number of hydrogen-bond donors (Lipinski definition) is 5. The highest BCUT2D eigenvalue weighted by Crippen LogP contribution is 2.34. The van der Waals surface area contributed by atoms with Gasteiger partial charge in [0.15, 0.2) is 28.7 Å². The number of benzene rings is 3. The fraction of sp³-hybridized carbons (Fsp3) is 0.294. The van der Waals surface area contributed by atoms with Crippen LogP contribution in [0.3, 0.4) is 0 Å². The normalized spacial score (nSPS) is 10.2. The van der Waals surface area contributed by atoms with Gasteiger partial charge in [-0.05, 0) is 32.0 Å². The summed E-state index contributed by atoms with van der Waals surface area (Å²) >= 11 is 0. The smallest absolute Gasteiger partial charge is 0.368 e. The molecule has 0 radical (unpaired) electrons. The molecular weight excluding hydrogens is 690 g/mol. The van der Waals surface area contributed by atoms with Gasteiger partial charge in [0, 0.05) is 36.2 Å². The summed E-state index contributed by atoms with van der Waals surface area (Å²) in [6.45, 7) is 14.7. The second kappa shape index (κ2) is 16.8. The molecule has 0 saturated heterocycles. The van der Waals surface area contributed by atoms with Crippen molar-refractivity contribution >= 4 is 32.3 Å². The Kier molecular flexibility index (Phi) is 13.4. The molecule has 0 amide bonds. The largest absolute Gasteiger partial charge is 0.504 e. The molecule has 0 atom stereocenters. The first kappa shape index (κ1) is 41.5. The second-order valence-electron chi connectivity index (χ2n) is 9.84. The van der Waals surface area contributed by atoms with Gasteiger partial charge in [0.1, 0.15) is 0 Å². The van der Waals surface area contributed by atoms with Crippen molar-refractivity contribution in [1.29, 1.82) is 0 Å². The van der Waals surface area contributed by atoms with Crippen molar-refractivity contribution < 1.29 is 43.9 Å². The summed E-state index contributed by atoms with van der Waals surface area (Å²) in [6.07, 6.45) is 0. The van der Waals surface area contributed by atoms with Gasteiger partial charge in [-0.25, -0.2) is 14.4 Å². The number of aromatic nitrogens is 3. The molecule has 0 spiro atoms. The Morgan fingerprint density at radius 1 is 0.500 bits per heavy atom. The van der Waals surface area contributed by atoms with Crippen LogP contribution in [0.4, 0.5) is 0 Å². The SMILES string of the molecule is CC.CC.CC.Cc1c(O)c(O)cc2c(=O)n(C)oc(=O)c12.Cc1c(O)c(O)cc2c(=O)on(Oc3cc4c(=O)n(C)oc(=O)c4cc3O)c(=O)c12. The Hall–Kier alpha value is -6.72. The molecule has 0 aliphatic heterocycles. The topological polar surface area (TPSA) is 267 Å². The van der Waals surface area contributed by atoms with Crippen molar-refractivity contribution in [2.45, 2.75) is 55.4 Å². The summed E-state index contributed by atoms with van der Waals surface area (Å²) in [5.74, 6) is -3.22. The van der Waals surface area contributed by atoms with E-state index in [0.717, 1.165) is 29.0 Å². The van der Waals surface area contributed by atoms with Crippen LogP contribution in [-0.2, 0) is 14.1 Å². The molecule has 0 aliphatic carbocycles. The van der Waals surface area contributed by atoms with Crippen LogP contribution in [0.25, 0.3) is 32.3 Å². The molecule has 3 aromatic heterocycles.